The van der Waals surface area contributed by atoms with Gasteiger partial charge < -0.3 is 21.5 Å². The van der Waals surface area contributed by atoms with E-state index in [2.05, 4.69) is 15.7 Å². The molecular weight excluding hydrogens is 480 g/mol. The molecule has 37 heavy (non-hydrogen) atoms. The van der Waals surface area contributed by atoms with E-state index in [4.69, 9.17) is 5.73 Å². The van der Waals surface area contributed by atoms with Crippen LogP contribution in [-0.4, -0.2) is 59.2 Å². The minimum absolute atomic E-state index is 0.219. The Kier molecular flexibility index (Phi) is 7.47. The second-order valence-electron chi connectivity index (χ2n) is 8.75. The first kappa shape index (κ1) is 25.4. The number of carbonyl (C=O) groups is 5. The highest BCUT2D eigenvalue weighted by atomic mass is 16.4. The van der Waals surface area contributed by atoms with Gasteiger partial charge in [0.05, 0.1) is 18.2 Å². The van der Waals surface area contributed by atoms with Gasteiger partial charge in [-0.05, 0) is 36.1 Å². The van der Waals surface area contributed by atoms with Gasteiger partial charge in [-0.3, -0.25) is 24.1 Å². The number of carboxylic acid groups (broad SMARTS) is 1. The van der Waals surface area contributed by atoms with Crippen molar-refractivity contribution in [3.63, 3.8) is 0 Å². The summed E-state index contributed by atoms with van der Waals surface area (Å²) in [6.07, 6.45) is 1.64. The van der Waals surface area contributed by atoms with Crippen LogP contribution in [0.15, 0.2) is 53.6 Å². The number of aliphatic carboxylic acids is 1. The maximum Gasteiger partial charge on any atom is 0.332 e. The summed E-state index contributed by atoms with van der Waals surface area (Å²) in [5, 5.41) is 18.2. The number of aryl methyl sites for hydroxylation is 1. The van der Waals surface area contributed by atoms with Crippen molar-refractivity contribution in [2.45, 2.75) is 43.8 Å². The van der Waals surface area contributed by atoms with Crippen LogP contribution in [0.3, 0.4) is 0 Å². The lowest BCUT2D eigenvalue weighted by Crippen LogP contribution is -2.56. The summed E-state index contributed by atoms with van der Waals surface area (Å²) in [4.78, 5) is 63.4. The molecule has 0 aromatic heterocycles. The number of benzene rings is 2. The molecule has 6 N–H and O–H groups in total. The Balaban J connectivity index is 1.58. The smallest absolute Gasteiger partial charge is 0.332 e. The van der Waals surface area contributed by atoms with Crippen LogP contribution in [0.2, 0.25) is 0 Å². The standard InChI is InChI=1S/C25H26N6O6/c26-25(37)30-27-13-17(12-20(32)33)28-23(35)19-11-16-8-4-7-14-9-10-18(24(36)31(19)21(14)16)29-22(34)15-5-2-1-3-6-15/h1-8,13,17-19H,9-12H2,(H,28,35)(H,29,34)(H,32,33)(H3,26,30,37)/b27-13+/t17-,18?,19-/m0/s1. The molecule has 2 aromatic carbocycles. The fourth-order valence-corrected chi connectivity index (χ4v) is 4.60. The molecule has 0 aliphatic carbocycles. The van der Waals surface area contributed by atoms with Gasteiger partial charge in [0.25, 0.3) is 5.91 Å². The second kappa shape index (κ2) is 10.9. The number of hydrogen-bond donors (Lipinski definition) is 5. The Morgan fingerprint density at radius 2 is 1.84 bits per heavy atom. The maximum atomic E-state index is 13.7. The highest BCUT2D eigenvalue weighted by Gasteiger charge is 2.44. The number of primary amides is 1. The maximum absolute atomic E-state index is 13.7. The fraction of sp³-hybridized carbons (Fsp3) is 0.280. The van der Waals surface area contributed by atoms with Crippen molar-refractivity contribution in [3.05, 3.63) is 65.2 Å². The number of para-hydroxylation sites is 1. The van der Waals surface area contributed by atoms with Gasteiger partial charge in [0.2, 0.25) is 11.8 Å². The first-order valence-electron chi connectivity index (χ1n) is 11.6. The molecule has 1 unspecified atom stereocenters. The van der Waals surface area contributed by atoms with Gasteiger partial charge in [-0.25, -0.2) is 10.2 Å². The van der Waals surface area contributed by atoms with Gasteiger partial charge in [-0.15, -0.1) is 0 Å². The molecule has 0 spiro atoms. The lowest BCUT2D eigenvalue weighted by molar-refractivity contribution is -0.137. The number of hydrogen-bond acceptors (Lipinski definition) is 6. The van der Waals surface area contributed by atoms with Gasteiger partial charge in [-0.2, -0.15) is 5.10 Å². The van der Waals surface area contributed by atoms with E-state index in [0.29, 0.717) is 24.1 Å². The molecule has 192 valence electrons. The van der Waals surface area contributed by atoms with E-state index in [0.717, 1.165) is 17.3 Å². The van der Waals surface area contributed by atoms with Crippen molar-refractivity contribution in [1.82, 2.24) is 16.1 Å². The van der Waals surface area contributed by atoms with E-state index in [-0.39, 0.29) is 6.42 Å². The van der Waals surface area contributed by atoms with Crippen LogP contribution in [0.4, 0.5) is 10.5 Å². The van der Waals surface area contributed by atoms with Gasteiger partial charge in [0.15, 0.2) is 0 Å². The van der Waals surface area contributed by atoms with Crippen molar-refractivity contribution < 1.29 is 29.1 Å². The summed E-state index contributed by atoms with van der Waals surface area (Å²) >= 11 is 0. The molecule has 5 amide bonds. The lowest BCUT2D eigenvalue weighted by Gasteiger charge is -2.28. The largest absolute Gasteiger partial charge is 0.481 e. The number of amides is 5. The summed E-state index contributed by atoms with van der Waals surface area (Å²) < 4.78 is 0. The Morgan fingerprint density at radius 1 is 1.11 bits per heavy atom. The molecule has 2 aliphatic rings. The Labute approximate surface area is 211 Å². The van der Waals surface area contributed by atoms with Crippen LogP contribution in [0.5, 0.6) is 0 Å². The number of nitrogens with one attached hydrogen (secondary N) is 3. The normalized spacial score (nSPS) is 19.0. The predicted octanol–water partition coefficient (Wildman–Crippen LogP) is 0.303. The molecule has 2 heterocycles. The third-order valence-electron chi connectivity index (χ3n) is 6.20. The average molecular weight is 507 g/mol. The van der Waals surface area contributed by atoms with Gasteiger partial charge in [-0.1, -0.05) is 36.4 Å². The Hall–Kier alpha value is -4.74. The van der Waals surface area contributed by atoms with Crippen molar-refractivity contribution in [2.75, 3.05) is 4.90 Å². The number of carbonyl (C=O) groups excluding carboxylic acids is 4. The number of nitrogens with two attached hydrogens (primary N) is 1. The average Bonchev–Trinajstić information content (AvgIpc) is 3.20. The second-order valence-corrected chi connectivity index (χ2v) is 8.75. The molecule has 12 nitrogen and oxygen atoms in total. The first-order valence-corrected chi connectivity index (χ1v) is 11.6. The summed E-state index contributed by atoms with van der Waals surface area (Å²) in [5.74, 6) is -2.62. The van der Waals surface area contributed by atoms with Crippen LogP contribution in [0.1, 0.15) is 34.3 Å². The highest BCUT2D eigenvalue weighted by molar-refractivity contribution is 6.09. The van der Waals surface area contributed by atoms with Crippen LogP contribution < -0.4 is 26.7 Å². The zero-order valence-corrected chi connectivity index (χ0v) is 19.7. The molecule has 4 rings (SSSR count). The van der Waals surface area contributed by atoms with E-state index >= 15 is 0 Å². The number of carboxylic acids is 1. The molecule has 0 bridgehead atoms. The number of urea groups is 1. The molecule has 0 fully saturated rings. The summed E-state index contributed by atoms with van der Waals surface area (Å²) in [5.41, 5.74) is 9.65. The molecule has 2 aromatic rings. The van der Waals surface area contributed by atoms with E-state index < -0.39 is 54.3 Å². The molecule has 0 saturated heterocycles. The number of hydrazone groups is 1. The SMILES string of the molecule is NC(=O)N/N=C/[C@H](CC(=O)O)NC(=O)[C@@H]1Cc2cccc3c2N1C(=O)C(NC(=O)c1ccccc1)CC3. The number of anilines is 1. The minimum Gasteiger partial charge on any atom is -0.481 e. The topological polar surface area (TPSA) is 183 Å². The summed E-state index contributed by atoms with van der Waals surface area (Å²) in [7, 11) is 0. The van der Waals surface area contributed by atoms with Gasteiger partial charge in [0.1, 0.15) is 12.1 Å². The lowest BCUT2D eigenvalue weighted by atomic mass is 10.0. The fourth-order valence-electron chi connectivity index (χ4n) is 4.60. The monoisotopic (exact) mass is 506 g/mol. The van der Waals surface area contributed by atoms with E-state index in [1.165, 1.54) is 4.90 Å². The zero-order valence-electron chi connectivity index (χ0n) is 19.7. The molecule has 12 heteroatoms. The number of nitrogens with zero attached hydrogens (tertiary/aromatic N) is 2. The molecule has 3 atom stereocenters. The van der Waals surface area contributed by atoms with Crippen LogP contribution in [0, 0.1) is 0 Å². The van der Waals surface area contributed by atoms with Crippen molar-refractivity contribution in [2.24, 2.45) is 10.8 Å². The van der Waals surface area contributed by atoms with Crippen LogP contribution in [-0.2, 0) is 27.2 Å². The molecule has 0 saturated carbocycles. The van der Waals surface area contributed by atoms with E-state index in [9.17, 15) is 29.1 Å². The quantitative estimate of drug-likeness (QED) is 0.253. The molecule has 0 radical (unpaired) electrons. The van der Waals surface area contributed by atoms with Gasteiger partial charge >= 0.3 is 12.0 Å². The number of rotatable bonds is 8. The molecule has 2 aliphatic heterocycles. The third kappa shape index (κ3) is 5.74. The summed E-state index contributed by atoms with van der Waals surface area (Å²) in [6, 6.07) is 10.2. The van der Waals surface area contributed by atoms with Crippen LogP contribution in [0.25, 0.3) is 0 Å². The minimum atomic E-state index is -1.21. The van der Waals surface area contributed by atoms with E-state index in [1.807, 2.05) is 23.6 Å². The molecular formula is C25H26N6O6. The van der Waals surface area contributed by atoms with Crippen molar-refractivity contribution in [1.29, 1.82) is 0 Å². The van der Waals surface area contributed by atoms with Crippen molar-refractivity contribution >= 4 is 41.6 Å². The van der Waals surface area contributed by atoms with Gasteiger partial charge in [0, 0.05) is 18.2 Å². The van der Waals surface area contributed by atoms with Crippen molar-refractivity contribution in [3.8, 4) is 0 Å². The Bertz CT molecular complexity index is 1260. The first-order chi connectivity index (χ1) is 17.7. The third-order valence-corrected chi connectivity index (χ3v) is 6.20. The van der Waals surface area contributed by atoms with E-state index in [1.54, 1.807) is 30.3 Å². The predicted molar refractivity (Wildman–Crippen MR) is 133 cm³/mol. The highest BCUT2D eigenvalue weighted by Crippen LogP contribution is 2.39. The summed E-state index contributed by atoms with van der Waals surface area (Å²) in [6.45, 7) is 0. The Morgan fingerprint density at radius 3 is 2.54 bits per heavy atom. The zero-order chi connectivity index (χ0) is 26.5. The van der Waals surface area contributed by atoms with Crippen LogP contribution >= 0.6 is 0 Å².